The van der Waals surface area contributed by atoms with Gasteiger partial charge in [0.25, 0.3) is 0 Å². The highest BCUT2D eigenvalue weighted by Gasteiger charge is 2.24. The van der Waals surface area contributed by atoms with Gasteiger partial charge in [-0.2, -0.15) is 0 Å². The Morgan fingerprint density at radius 3 is 2.90 bits per heavy atom. The molecule has 1 unspecified atom stereocenters. The van der Waals surface area contributed by atoms with Crippen LogP contribution in [0.25, 0.3) is 10.9 Å². The fourth-order valence-corrected chi connectivity index (χ4v) is 4.08. The molecule has 2 aromatic carbocycles. The third-order valence-electron chi connectivity index (χ3n) is 5.67. The summed E-state index contributed by atoms with van der Waals surface area (Å²) in [5, 5.41) is 4.41. The summed E-state index contributed by atoms with van der Waals surface area (Å²) in [4.78, 5) is 9.96. The lowest BCUT2D eigenvalue weighted by molar-refractivity contribution is 0.0907. The van der Waals surface area contributed by atoms with E-state index in [2.05, 4.69) is 32.3 Å². The van der Waals surface area contributed by atoms with E-state index in [9.17, 15) is 4.39 Å². The summed E-state index contributed by atoms with van der Waals surface area (Å²) in [6, 6.07) is 15.1. The van der Waals surface area contributed by atoms with Crippen LogP contribution in [0.5, 0.6) is 0 Å². The molecule has 4 rings (SSSR count). The highest BCUT2D eigenvalue weighted by molar-refractivity contribution is 14.0. The molecule has 3 aromatic rings. The summed E-state index contributed by atoms with van der Waals surface area (Å²) in [5.41, 5.74) is 3.29. The van der Waals surface area contributed by atoms with Crippen molar-refractivity contribution in [3.63, 3.8) is 0 Å². The first-order valence-electron chi connectivity index (χ1n) is 10.6. The van der Waals surface area contributed by atoms with Gasteiger partial charge in [-0.05, 0) is 42.2 Å². The molecule has 7 heteroatoms. The topological polar surface area (TPSA) is 52.7 Å². The number of rotatable bonds is 7. The zero-order valence-corrected chi connectivity index (χ0v) is 20.1. The molecule has 0 spiro atoms. The number of likely N-dealkylation sites (tertiary alicyclic amines) is 1. The Kier molecular flexibility index (Phi) is 8.71. The number of hydrogen-bond donors (Lipinski definition) is 2. The van der Waals surface area contributed by atoms with Gasteiger partial charge in [-0.3, -0.25) is 4.99 Å². The van der Waals surface area contributed by atoms with Crippen molar-refractivity contribution in [1.29, 1.82) is 0 Å². The van der Waals surface area contributed by atoms with Crippen molar-refractivity contribution in [3.8, 4) is 0 Å². The van der Waals surface area contributed by atoms with E-state index < -0.39 is 0 Å². The molecule has 0 bridgehead atoms. The number of aromatic nitrogens is 1. The molecular weight excluding hydrogens is 506 g/mol. The van der Waals surface area contributed by atoms with Crippen molar-refractivity contribution in [2.45, 2.75) is 19.4 Å². The minimum atomic E-state index is -0.204. The van der Waals surface area contributed by atoms with Crippen LogP contribution in [0, 0.1) is 11.7 Å². The molecule has 1 aliphatic heterocycles. The second-order valence-electron chi connectivity index (χ2n) is 7.83. The first-order valence-corrected chi connectivity index (χ1v) is 10.6. The zero-order chi connectivity index (χ0) is 20.8. The summed E-state index contributed by atoms with van der Waals surface area (Å²) in [6.07, 6.45) is 3.88. The van der Waals surface area contributed by atoms with E-state index in [1.807, 2.05) is 31.4 Å². The molecule has 31 heavy (non-hydrogen) atoms. The smallest absolute Gasteiger partial charge is 0.193 e. The van der Waals surface area contributed by atoms with Crippen LogP contribution in [0.3, 0.4) is 0 Å². The van der Waals surface area contributed by atoms with Gasteiger partial charge in [0.15, 0.2) is 5.96 Å². The van der Waals surface area contributed by atoms with Gasteiger partial charge >= 0.3 is 0 Å². The quantitative estimate of drug-likeness (QED) is 0.264. The maximum atomic E-state index is 13.6. The molecule has 5 nitrogen and oxygen atoms in total. The predicted molar refractivity (Wildman–Crippen MR) is 135 cm³/mol. The monoisotopic (exact) mass is 536 g/mol. The van der Waals surface area contributed by atoms with Gasteiger partial charge < -0.3 is 19.9 Å². The van der Waals surface area contributed by atoms with Crippen LogP contribution in [-0.4, -0.2) is 49.1 Å². The van der Waals surface area contributed by atoms with Crippen molar-refractivity contribution in [3.05, 3.63) is 71.7 Å². The van der Waals surface area contributed by atoms with E-state index in [1.165, 1.54) is 11.6 Å². The second kappa shape index (κ2) is 11.5. The Balaban J connectivity index is 0.00000272. The Bertz CT molecular complexity index is 992. The molecule has 0 aliphatic carbocycles. The maximum absolute atomic E-state index is 13.6. The molecule has 1 saturated heterocycles. The molecule has 0 saturated carbocycles. The van der Waals surface area contributed by atoms with Crippen LogP contribution in [0.4, 0.5) is 4.39 Å². The van der Waals surface area contributed by atoms with Gasteiger partial charge in [-0.15, -0.1) is 24.0 Å². The molecule has 1 aliphatic rings. The third kappa shape index (κ3) is 6.20. The predicted octanol–water partition coefficient (Wildman–Crippen LogP) is 4.58. The SMILES string of the molecule is CN=C(NCCc1c[nH]c2ccc(F)cc12)N1CCC(COCc2ccccc2)C1.I. The summed E-state index contributed by atoms with van der Waals surface area (Å²) in [6.45, 7) is 4.12. The average Bonchev–Trinajstić information content (AvgIpc) is 3.39. The number of halogens is 2. The molecule has 1 fully saturated rings. The van der Waals surface area contributed by atoms with E-state index in [4.69, 9.17) is 4.74 Å². The fraction of sp³-hybridized carbons (Fsp3) is 0.375. The Morgan fingerprint density at radius 1 is 1.26 bits per heavy atom. The summed E-state index contributed by atoms with van der Waals surface area (Å²) < 4.78 is 19.5. The summed E-state index contributed by atoms with van der Waals surface area (Å²) in [7, 11) is 1.82. The minimum Gasteiger partial charge on any atom is -0.376 e. The van der Waals surface area contributed by atoms with Gasteiger partial charge in [-0.1, -0.05) is 30.3 Å². The second-order valence-corrected chi connectivity index (χ2v) is 7.83. The standard InChI is InChI=1S/C24H29FN4O.HI/c1-26-24(27-11-9-20-14-28-23-8-7-21(25)13-22(20)23)29-12-10-19(15-29)17-30-16-18-5-3-2-4-6-18;/h2-8,13-14,19,28H,9-12,15-17H2,1H3,(H,26,27);1H. The number of nitrogens with zero attached hydrogens (tertiary/aromatic N) is 2. The Morgan fingerprint density at radius 2 is 2.10 bits per heavy atom. The van der Waals surface area contributed by atoms with E-state index in [0.29, 0.717) is 12.5 Å². The normalized spacial score (nSPS) is 16.5. The van der Waals surface area contributed by atoms with Gasteiger partial charge in [0, 0.05) is 49.7 Å². The molecule has 0 amide bonds. The number of benzene rings is 2. The van der Waals surface area contributed by atoms with Crippen LogP contribution in [0.1, 0.15) is 17.5 Å². The van der Waals surface area contributed by atoms with Gasteiger partial charge in [-0.25, -0.2) is 4.39 Å². The highest BCUT2D eigenvalue weighted by Crippen LogP contribution is 2.20. The molecular formula is C24H30FIN4O. The van der Waals surface area contributed by atoms with Crippen molar-refractivity contribution in [1.82, 2.24) is 15.2 Å². The molecule has 2 heterocycles. The lowest BCUT2D eigenvalue weighted by Crippen LogP contribution is -2.41. The molecule has 166 valence electrons. The third-order valence-corrected chi connectivity index (χ3v) is 5.67. The van der Waals surface area contributed by atoms with Crippen LogP contribution < -0.4 is 5.32 Å². The number of H-pyrrole nitrogens is 1. The van der Waals surface area contributed by atoms with Gasteiger partial charge in [0.05, 0.1) is 13.2 Å². The number of hydrogen-bond acceptors (Lipinski definition) is 2. The number of nitrogens with one attached hydrogen (secondary N) is 2. The van der Waals surface area contributed by atoms with Crippen LogP contribution in [-0.2, 0) is 17.8 Å². The van der Waals surface area contributed by atoms with Gasteiger partial charge in [0.1, 0.15) is 5.82 Å². The first kappa shape index (κ1) is 23.5. The number of ether oxygens (including phenoxy) is 1. The fourth-order valence-electron chi connectivity index (χ4n) is 4.08. The maximum Gasteiger partial charge on any atom is 0.193 e. The lowest BCUT2D eigenvalue weighted by Gasteiger charge is -2.21. The number of aliphatic imine (C=N–C) groups is 1. The van der Waals surface area contributed by atoms with Gasteiger partial charge in [0.2, 0.25) is 0 Å². The molecule has 2 N–H and O–H groups in total. The lowest BCUT2D eigenvalue weighted by atomic mass is 10.1. The average molecular weight is 536 g/mol. The van der Waals surface area contributed by atoms with Crippen LogP contribution >= 0.6 is 24.0 Å². The van der Waals surface area contributed by atoms with E-state index in [1.54, 1.807) is 12.1 Å². The highest BCUT2D eigenvalue weighted by atomic mass is 127. The number of fused-ring (bicyclic) bond motifs is 1. The largest absolute Gasteiger partial charge is 0.376 e. The van der Waals surface area contributed by atoms with Crippen LogP contribution in [0.2, 0.25) is 0 Å². The first-order chi connectivity index (χ1) is 14.7. The summed E-state index contributed by atoms with van der Waals surface area (Å²) >= 11 is 0. The van der Waals surface area contributed by atoms with Crippen molar-refractivity contribution in [2.75, 3.05) is 33.3 Å². The van der Waals surface area contributed by atoms with E-state index in [0.717, 1.165) is 61.5 Å². The van der Waals surface area contributed by atoms with Crippen molar-refractivity contribution >= 4 is 40.8 Å². The van der Waals surface area contributed by atoms with Crippen molar-refractivity contribution in [2.24, 2.45) is 10.9 Å². The van der Waals surface area contributed by atoms with Crippen LogP contribution in [0.15, 0.2) is 59.7 Å². The number of guanidine groups is 1. The van der Waals surface area contributed by atoms with Crippen molar-refractivity contribution < 1.29 is 9.13 Å². The number of aromatic amines is 1. The zero-order valence-electron chi connectivity index (χ0n) is 17.8. The molecule has 0 radical (unpaired) electrons. The summed E-state index contributed by atoms with van der Waals surface area (Å²) in [5.74, 6) is 1.24. The van der Waals surface area contributed by atoms with E-state index in [-0.39, 0.29) is 29.8 Å². The van der Waals surface area contributed by atoms with E-state index >= 15 is 0 Å². The Labute approximate surface area is 200 Å². The minimum absolute atomic E-state index is 0. The molecule has 1 atom stereocenters. The molecule has 1 aromatic heterocycles. The Hall–Kier alpha value is -2.13.